The molecule has 0 bridgehead atoms. The van der Waals surface area contributed by atoms with E-state index in [1.807, 2.05) is 38.1 Å². The highest BCUT2D eigenvalue weighted by Crippen LogP contribution is 2.54. The Labute approximate surface area is 195 Å². The molecule has 1 spiro atoms. The number of ether oxygens (including phenoxy) is 1. The van der Waals surface area contributed by atoms with Crippen molar-refractivity contribution in [2.24, 2.45) is 0 Å². The number of aryl methyl sites for hydroxylation is 2. The largest absolute Gasteiger partial charge is 0.416 e. The molecule has 3 aromatic carbocycles. The van der Waals surface area contributed by atoms with Crippen LogP contribution in [-0.2, 0) is 16.6 Å². The lowest BCUT2D eigenvalue weighted by Crippen LogP contribution is -2.70. The van der Waals surface area contributed by atoms with Gasteiger partial charge in [0.2, 0.25) is 5.72 Å². The number of benzene rings is 3. The van der Waals surface area contributed by atoms with E-state index in [2.05, 4.69) is 0 Å². The fourth-order valence-corrected chi connectivity index (χ4v) is 4.82. The van der Waals surface area contributed by atoms with E-state index in [1.54, 1.807) is 24.3 Å². The standard InChI is InChI=1S/C26H23F3N2O3/c1-17-6-10-22(11-7-17)31-23(32)30(21-12-8-19(9-13-21)26(27,28)29)24(15-34-16-24)25(31,33)20-5-3-4-18(2)14-20/h3-14,33H,15-16H2,1-2H3. The van der Waals surface area contributed by atoms with Crippen LogP contribution in [0.15, 0.2) is 72.8 Å². The van der Waals surface area contributed by atoms with Crippen LogP contribution in [0, 0.1) is 13.8 Å². The lowest BCUT2D eigenvalue weighted by molar-refractivity contribution is -0.153. The van der Waals surface area contributed by atoms with Gasteiger partial charge in [-0.1, -0.05) is 47.5 Å². The summed E-state index contributed by atoms with van der Waals surface area (Å²) in [5.74, 6) is 0. The first-order valence-electron chi connectivity index (χ1n) is 10.8. The zero-order valence-corrected chi connectivity index (χ0v) is 18.6. The summed E-state index contributed by atoms with van der Waals surface area (Å²) in [6.45, 7) is 3.84. The molecule has 2 heterocycles. The predicted molar refractivity (Wildman–Crippen MR) is 122 cm³/mol. The highest BCUT2D eigenvalue weighted by Gasteiger charge is 2.72. The zero-order valence-electron chi connectivity index (χ0n) is 18.6. The Bertz CT molecular complexity index is 1240. The molecule has 1 atom stereocenters. The van der Waals surface area contributed by atoms with Crippen LogP contribution in [0.3, 0.4) is 0 Å². The molecule has 2 aliphatic heterocycles. The number of carbonyl (C=O) groups excluding carboxylic acids is 1. The van der Waals surface area contributed by atoms with E-state index in [9.17, 15) is 23.1 Å². The first-order chi connectivity index (χ1) is 16.1. The quantitative estimate of drug-likeness (QED) is 0.561. The Kier molecular flexibility index (Phi) is 5.00. The van der Waals surface area contributed by atoms with E-state index >= 15 is 0 Å². The molecule has 1 unspecified atom stereocenters. The van der Waals surface area contributed by atoms with Crippen molar-refractivity contribution >= 4 is 17.4 Å². The average Bonchev–Trinajstić information content (AvgIpc) is 2.98. The van der Waals surface area contributed by atoms with E-state index in [0.29, 0.717) is 11.3 Å². The van der Waals surface area contributed by atoms with E-state index in [-0.39, 0.29) is 18.9 Å². The average molecular weight is 468 g/mol. The first-order valence-corrected chi connectivity index (χ1v) is 10.8. The van der Waals surface area contributed by atoms with E-state index in [4.69, 9.17) is 4.74 Å². The molecule has 1 N–H and O–H groups in total. The number of hydrogen-bond donors (Lipinski definition) is 1. The third-order valence-electron chi connectivity index (χ3n) is 6.63. The number of aliphatic hydroxyl groups is 1. The first kappa shape index (κ1) is 22.4. The minimum atomic E-state index is -4.50. The normalized spacial score (nSPS) is 21.8. The van der Waals surface area contributed by atoms with Gasteiger partial charge in [0, 0.05) is 16.9 Å². The second-order valence-corrected chi connectivity index (χ2v) is 8.90. The number of anilines is 2. The fraction of sp³-hybridized carbons (Fsp3) is 0.269. The van der Waals surface area contributed by atoms with Crippen LogP contribution in [0.5, 0.6) is 0 Å². The maximum absolute atomic E-state index is 14.0. The van der Waals surface area contributed by atoms with Crippen LogP contribution in [0.25, 0.3) is 0 Å². The highest BCUT2D eigenvalue weighted by molar-refractivity contribution is 6.09. The summed E-state index contributed by atoms with van der Waals surface area (Å²) in [5.41, 5.74) is -0.775. The molecular weight excluding hydrogens is 445 g/mol. The highest BCUT2D eigenvalue weighted by atomic mass is 19.4. The fourth-order valence-electron chi connectivity index (χ4n) is 4.82. The van der Waals surface area contributed by atoms with Crippen molar-refractivity contribution in [1.29, 1.82) is 0 Å². The molecule has 8 heteroatoms. The van der Waals surface area contributed by atoms with Crippen molar-refractivity contribution in [2.45, 2.75) is 31.3 Å². The molecule has 34 heavy (non-hydrogen) atoms. The number of halogens is 3. The van der Waals surface area contributed by atoms with Crippen molar-refractivity contribution in [1.82, 2.24) is 0 Å². The number of urea groups is 1. The van der Waals surface area contributed by atoms with Crippen LogP contribution < -0.4 is 9.80 Å². The van der Waals surface area contributed by atoms with Gasteiger partial charge in [-0.2, -0.15) is 13.2 Å². The molecule has 0 aliphatic carbocycles. The Morgan fingerprint density at radius 1 is 0.853 bits per heavy atom. The molecule has 5 rings (SSSR count). The second kappa shape index (κ2) is 7.58. The van der Waals surface area contributed by atoms with Crippen LogP contribution in [-0.4, -0.2) is 29.9 Å². The molecule has 0 aromatic heterocycles. The molecule has 0 radical (unpaired) electrons. The minimum absolute atomic E-state index is 0.0204. The molecule has 2 fully saturated rings. The van der Waals surface area contributed by atoms with Gasteiger partial charge in [-0.3, -0.25) is 9.80 Å². The van der Waals surface area contributed by atoms with Crippen molar-refractivity contribution in [2.75, 3.05) is 23.0 Å². The molecule has 5 nitrogen and oxygen atoms in total. The van der Waals surface area contributed by atoms with Crippen LogP contribution in [0.2, 0.25) is 0 Å². The summed E-state index contributed by atoms with van der Waals surface area (Å²) in [7, 11) is 0. The van der Waals surface area contributed by atoms with Gasteiger partial charge < -0.3 is 9.84 Å². The Morgan fingerprint density at radius 2 is 1.44 bits per heavy atom. The number of carbonyl (C=O) groups is 1. The van der Waals surface area contributed by atoms with Gasteiger partial charge in [-0.05, 0) is 50.2 Å². The number of amides is 2. The maximum Gasteiger partial charge on any atom is 0.416 e. The SMILES string of the molecule is Cc1ccc(N2C(=O)N(c3ccc(C(F)(F)F)cc3)C3(COC3)C2(O)c2cccc(C)c2)cc1. The number of rotatable bonds is 3. The lowest BCUT2D eigenvalue weighted by atomic mass is 9.78. The summed E-state index contributed by atoms with van der Waals surface area (Å²) in [6, 6.07) is 18.3. The molecule has 2 aliphatic rings. The summed E-state index contributed by atoms with van der Waals surface area (Å²) in [5, 5.41) is 12.4. The van der Waals surface area contributed by atoms with Crippen molar-refractivity contribution in [3.63, 3.8) is 0 Å². The zero-order chi connectivity index (χ0) is 24.3. The molecule has 2 amide bonds. The molecule has 3 aromatic rings. The third kappa shape index (κ3) is 3.13. The van der Waals surface area contributed by atoms with Crippen LogP contribution >= 0.6 is 0 Å². The van der Waals surface area contributed by atoms with Gasteiger partial charge >= 0.3 is 12.2 Å². The monoisotopic (exact) mass is 468 g/mol. The summed E-state index contributed by atoms with van der Waals surface area (Å²) in [4.78, 5) is 16.7. The maximum atomic E-state index is 14.0. The third-order valence-corrected chi connectivity index (χ3v) is 6.63. The molecular formula is C26H23F3N2O3. The van der Waals surface area contributed by atoms with Crippen LogP contribution in [0.1, 0.15) is 22.3 Å². The molecule has 2 saturated heterocycles. The lowest BCUT2D eigenvalue weighted by Gasteiger charge is -2.51. The number of hydrogen-bond acceptors (Lipinski definition) is 3. The van der Waals surface area contributed by atoms with Gasteiger partial charge in [0.15, 0.2) is 0 Å². The topological polar surface area (TPSA) is 53.0 Å². The number of nitrogens with zero attached hydrogens (tertiary/aromatic N) is 2. The summed E-state index contributed by atoms with van der Waals surface area (Å²) in [6.07, 6.45) is -4.50. The van der Waals surface area contributed by atoms with Crippen molar-refractivity contribution < 1.29 is 27.8 Å². The van der Waals surface area contributed by atoms with Gasteiger partial charge in [0.05, 0.1) is 18.8 Å². The van der Waals surface area contributed by atoms with E-state index in [1.165, 1.54) is 21.9 Å². The van der Waals surface area contributed by atoms with Gasteiger partial charge in [0.25, 0.3) is 0 Å². The van der Waals surface area contributed by atoms with E-state index < -0.39 is 29.0 Å². The molecule has 0 saturated carbocycles. The summed E-state index contributed by atoms with van der Waals surface area (Å²) < 4.78 is 45.0. The van der Waals surface area contributed by atoms with Gasteiger partial charge in [-0.15, -0.1) is 0 Å². The Balaban J connectivity index is 1.72. The van der Waals surface area contributed by atoms with Gasteiger partial charge in [-0.25, -0.2) is 4.79 Å². The van der Waals surface area contributed by atoms with Crippen molar-refractivity contribution in [3.05, 3.63) is 95.1 Å². The summed E-state index contributed by atoms with van der Waals surface area (Å²) >= 11 is 0. The molecule has 176 valence electrons. The number of alkyl halides is 3. The predicted octanol–water partition coefficient (Wildman–Crippen LogP) is 5.38. The van der Waals surface area contributed by atoms with E-state index in [0.717, 1.165) is 23.3 Å². The Hall–Kier alpha value is -3.36. The minimum Gasteiger partial charge on any atom is -0.376 e. The van der Waals surface area contributed by atoms with Crippen molar-refractivity contribution in [3.8, 4) is 0 Å². The van der Waals surface area contributed by atoms with Crippen LogP contribution in [0.4, 0.5) is 29.3 Å². The second-order valence-electron chi connectivity index (χ2n) is 8.90. The smallest absolute Gasteiger partial charge is 0.376 e. The van der Waals surface area contributed by atoms with Gasteiger partial charge in [0.1, 0.15) is 5.54 Å². The Morgan fingerprint density at radius 3 is 1.97 bits per heavy atom.